The van der Waals surface area contributed by atoms with Crippen molar-refractivity contribution in [3.8, 4) is 5.75 Å². The van der Waals surface area contributed by atoms with Crippen molar-refractivity contribution in [3.63, 3.8) is 0 Å². The van der Waals surface area contributed by atoms with E-state index in [1.165, 1.54) is 22.2 Å². The lowest BCUT2D eigenvalue weighted by atomic mass is 9.97. The summed E-state index contributed by atoms with van der Waals surface area (Å²) in [6, 6.07) is 7.53. The Hall–Kier alpha value is -2.67. The molecule has 2 heterocycles. The third kappa shape index (κ3) is 3.47. The van der Waals surface area contributed by atoms with Crippen molar-refractivity contribution in [1.82, 2.24) is 14.9 Å². The Morgan fingerprint density at radius 1 is 1.30 bits per heavy atom. The number of carbonyl (C=O) groups excluding carboxylic acids is 1. The van der Waals surface area contributed by atoms with E-state index >= 15 is 0 Å². The van der Waals surface area contributed by atoms with Crippen LogP contribution in [0.4, 0.5) is 0 Å². The number of hydrogen-bond acceptors (Lipinski definition) is 5. The number of aromatic nitrogens is 2. The van der Waals surface area contributed by atoms with Gasteiger partial charge in [-0.1, -0.05) is 18.2 Å². The summed E-state index contributed by atoms with van der Waals surface area (Å²) < 4.78 is 6.70. The topological polar surface area (TPSA) is 73.2 Å². The van der Waals surface area contributed by atoms with Gasteiger partial charge in [0.05, 0.1) is 18.8 Å². The zero-order chi connectivity index (χ0) is 18.8. The fourth-order valence-corrected chi connectivity index (χ4v) is 4.77. The Morgan fingerprint density at radius 2 is 2.11 bits per heavy atom. The number of methoxy groups -OCH3 is 1. The molecule has 1 aliphatic rings. The molecule has 0 radical (unpaired) electrons. The summed E-state index contributed by atoms with van der Waals surface area (Å²) in [6.45, 7) is 0.308. The summed E-state index contributed by atoms with van der Waals surface area (Å²) in [6.07, 6.45) is 5.70. The SMILES string of the molecule is COc1ccccc1CNC(=O)Cn1cnc2sc3c(c2c1=O)CCCC3. The number of hydrogen-bond donors (Lipinski definition) is 1. The molecule has 4 rings (SSSR count). The van der Waals surface area contributed by atoms with Crippen molar-refractivity contribution in [1.29, 1.82) is 0 Å². The van der Waals surface area contributed by atoms with E-state index in [4.69, 9.17) is 4.74 Å². The normalized spacial score (nSPS) is 13.4. The number of amides is 1. The molecular weight excluding hydrogens is 362 g/mol. The molecular formula is C20H21N3O3S. The van der Waals surface area contributed by atoms with Gasteiger partial charge in [0.15, 0.2) is 0 Å². The summed E-state index contributed by atoms with van der Waals surface area (Å²) in [5.74, 6) is 0.496. The molecule has 27 heavy (non-hydrogen) atoms. The molecule has 1 aromatic carbocycles. The molecule has 6 nitrogen and oxygen atoms in total. The predicted molar refractivity (Wildman–Crippen MR) is 105 cm³/mol. The van der Waals surface area contributed by atoms with E-state index in [0.29, 0.717) is 11.9 Å². The van der Waals surface area contributed by atoms with Gasteiger partial charge >= 0.3 is 0 Å². The molecule has 0 saturated carbocycles. The highest BCUT2D eigenvalue weighted by Crippen LogP contribution is 2.33. The maximum absolute atomic E-state index is 12.9. The van der Waals surface area contributed by atoms with Crippen molar-refractivity contribution in [3.05, 3.63) is 57.0 Å². The molecule has 1 amide bonds. The number of para-hydroxylation sites is 1. The van der Waals surface area contributed by atoms with E-state index in [0.717, 1.165) is 41.0 Å². The number of benzene rings is 1. The average molecular weight is 383 g/mol. The number of ether oxygens (including phenoxy) is 1. The number of fused-ring (bicyclic) bond motifs is 3. The maximum Gasteiger partial charge on any atom is 0.262 e. The molecule has 0 fully saturated rings. The lowest BCUT2D eigenvalue weighted by molar-refractivity contribution is -0.121. The van der Waals surface area contributed by atoms with E-state index < -0.39 is 0 Å². The van der Waals surface area contributed by atoms with Gasteiger partial charge in [-0.3, -0.25) is 14.2 Å². The first-order valence-electron chi connectivity index (χ1n) is 9.05. The minimum Gasteiger partial charge on any atom is -0.496 e. The Labute approximate surface area is 160 Å². The van der Waals surface area contributed by atoms with Crippen molar-refractivity contribution in [2.24, 2.45) is 0 Å². The summed E-state index contributed by atoms with van der Waals surface area (Å²) in [5, 5.41) is 3.55. The monoisotopic (exact) mass is 383 g/mol. The van der Waals surface area contributed by atoms with Crippen LogP contribution in [0.3, 0.4) is 0 Å². The lowest BCUT2D eigenvalue weighted by Crippen LogP contribution is -2.32. The van der Waals surface area contributed by atoms with Crippen LogP contribution in [-0.2, 0) is 30.7 Å². The first-order valence-corrected chi connectivity index (χ1v) is 9.87. The van der Waals surface area contributed by atoms with Crippen molar-refractivity contribution < 1.29 is 9.53 Å². The number of aryl methyl sites for hydroxylation is 2. The molecule has 3 aromatic rings. The van der Waals surface area contributed by atoms with Crippen LogP contribution in [0.1, 0.15) is 28.8 Å². The maximum atomic E-state index is 12.9. The zero-order valence-corrected chi connectivity index (χ0v) is 16.0. The molecule has 1 N–H and O–H groups in total. The second-order valence-corrected chi connectivity index (χ2v) is 7.74. The molecule has 0 saturated heterocycles. The van der Waals surface area contributed by atoms with Crippen LogP contribution in [0.25, 0.3) is 10.2 Å². The Kier molecular flexibility index (Phi) is 4.94. The van der Waals surface area contributed by atoms with Crippen molar-refractivity contribution in [2.75, 3.05) is 7.11 Å². The first kappa shape index (κ1) is 17.7. The molecule has 0 atom stereocenters. The van der Waals surface area contributed by atoms with Gasteiger partial charge in [0.1, 0.15) is 17.1 Å². The summed E-state index contributed by atoms with van der Waals surface area (Å²) >= 11 is 1.61. The van der Waals surface area contributed by atoms with Gasteiger partial charge in [-0.25, -0.2) is 4.98 Å². The molecule has 0 unspecified atom stereocenters. The Bertz CT molecular complexity index is 1050. The van der Waals surface area contributed by atoms with Gasteiger partial charge in [0.2, 0.25) is 5.91 Å². The second kappa shape index (κ2) is 7.52. The van der Waals surface area contributed by atoms with Crippen LogP contribution in [0.5, 0.6) is 5.75 Å². The molecule has 140 valence electrons. The van der Waals surface area contributed by atoms with Crippen LogP contribution in [0, 0.1) is 0 Å². The standard InChI is InChI=1S/C20H21N3O3S/c1-26-15-8-4-2-6-13(15)10-21-17(24)11-23-12-22-19-18(20(23)25)14-7-3-5-9-16(14)27-19/h2,4,6,8,12H,3,5,7,9-11H2,1H3,(H,21,24). The van der Waals surface area contributed by atoms with Gasteiger partial charge in [-0.2, -0.15) is 0 Å². The minimum atomic E-state index is -0.228. The molecule has 0 spiro atoms. The quantitative estimate of drug-likeness (QED) is 0.735. The molecule has 1 aliphatic carbocycles. The number of thiophene rings is 1. The number of nitrogens with zero attached hydrogens (tertiary/aromatic N) is 2. The highest BCUT2D eigenvalue weighted by atomic mass is 32.1. The average Bonchev–Trinajstić information content (AvgIpc) is 3.08. The highest BCUT2D eigenvalue weighted by molar-refractivity contribution is 7.18. The molecule has 2 aromatic heterocycles. The van der Waals surface area contributed by atoms with Gasteiger partial charge in [0, 0.05) is 17.0 Å². The van der Waals surface area contributed by atoms with Gasteiger partial charge in [0.25, 0.3) is 5.56 Å². The summed E-state index contributed by atoms with van der Waals surface area (Å²) in [4.78, 5) is 31.8. The predicted octanol–water partition coefficient (Wildman–Crippen LogP) is 2.66. The molecule has 7 heteroatoms. The Balaban J connectivity index is 1.52. The number of nitrogens with one attached hydrogen (secondary N) is 1. The minimum absolute atomic E-state index is 0.0401. The number of rotatable bonds is 5. The molecule has 0 bridgehead atoms. The summed E-state index contributed by atoms with van der Waals surface area (Å²) in [7, 11) is 1.60. The van der Waals surface area contributed by atoms with E-state index in [1.54, 1.807) is 18.4 Å². The van der Waals surface area contributed by atoms with Crippen LogP contribution >= 0.6 is 11.3 Å². The Morgan fingerprint density at radius 3 is 2.96 bits per heavy atom. The summed E-state index contributed by atoms with van der Waals surface area (Å²) in [5.41, 5.74) is 1.91. The van der Waals surface area contributed by atoms with Crippen LogP contribution in [0.15, 0.2) is 35.4 Å². The third-order valence-corrected chi connectivity index (χ3v) is 6.12. The van der Waals surface area contributed by atoms with Crippen molar-refractivity contribution >= 4 is 27.5 Å². The van der Waals surface area contributed by atoms with Crippen molar-refractivity contribution in [2.45, 2.75) is 38.8 Å². The van der Waals surface area contributed by atoms with E-state index in [2.05, 4.69) is 10.3 Å². The zero-order valence-electron chi connectivity index (χ0n) is 15.2. The van der Waals surface area contributed by atoms with E-state index in [9.17, 15) is 9.59 Å². The van der Waals surface area contributed by atoms with Gasteiger partial charge in [-0.05, 0) is 37.3 Å². The third-order valence-electron chi connectivity index (χ3n) is 4.92. The van der Waals surface area contributed by atoms with Crippen LogP contribution in [-0.4, -0.2) is 22.6 Å². The van der Waals surface area contributed by atoms with E-state index in [1.807, 2.05) is 24.3 Å². The highest BCUT2D eigenvalue weighted by Gasteiger charge is 2.20. The largest absolute Gasteiger partial charge is 0.496 e. The first-order chi connectivity index (χ1) is 13.2. The fourth-order valence-electron chi connectivity index (χ4n) is 3.55. The van der Waals surface area contributed by atoms with Crippen LogP contribution in [0.2, 0.25) is 0 Å². The second-order valence-electron chi connectivity index (χ2n) is 6.66. The number of carbonyl (C=O) groups is 1. The van der Waals surface area contributed by atoms with E-state index in [-0.39, 0.29) is 18.0 Å². The van der Waals surface area contributed by atoms with Gasteiger partial charge in [-0.15, -0.1) is 11.3 Å². The van der Waals surface area contributed by atoms with Crippen LogP contribution < -0.4 is 15.6 Å². The smallest absolute Gasteiger partial charge is 0.262 e. The lowest BCUT2D eigenvalue weighted by Gasteiger charge is -2.11. The molecule has 0 aliphatic heterocycles. The fraction of sp³-hybridized carbons (Fsp3) is 0.350. The van der Waals surface area contributed by atoms with Gasteiger partial charge < -0.3 is 10.1 Å².